The van der Waals surface area contributed by atoms with Gasteiger partial charge in [-0.15, -0.1) is 0 Å². The standard InChI is InChI=1S/C20H24N6O2/c1-13-19(14(2)28-24-13)18-11-21-10-16(23-18)6-7-17-5-4-8-26(17)20(27)15-9-22-25(3)12-15/h9-12,17H,4-8H2,1-3H3. The molecule has 1 atom stereocenters. The summed E-state index contributed by atoms with van der Waals surface area (Å²) >= 11 is 0. The van der Waals surface area contributed by atoms with Crippen LogP contribution in [0.15, 0.2) is 29.3 Å². The highest BCUT2D eigenvalue weighted by Crippen LogP contribution is 2.26. The van der Waals surface area contributed by atoms with Crippen LogP contribution in [-0.2, 0) is 13.5 Å². The average Bonchev–Trinajstić information content (AvgIpc) is 3.40. The minimum atomic E-state index is 0.0613. The fourth-order valence-electron chi connectivity index (χ4n) is 3.91. The van der Waals surface area contributed by atoms with Gasteiger partial charge in [0.2, 0.25) is 0 Å². The van der Waals surface area contributed by atoms with Gasteiger partial charge < -0.3 is 9.42 Å². The Morgan fingerprint density at radius 2 is 2.14 bits per heavy atom. The summed E-state index contributed by atoms with van der Waals surface area (Å²) in [7, 11) is 1.82. The average molecular weight is 380 g/mol. The summed E-state index contributed by atoms with van der Waals surface area (Å²) in [5.74, 6) is 0.805. The quantitative estimate of drug-likeness (QED) is 0.676. The second-order valence-corrected chi connectivity index (χ2v) is 7.33. The number of rotatable bonds is 5. The van der Waals surface area contributed by atoms with Crippen molar-refractivity contribution >= 4 is 5.91 Å². The highest BCUT2D eigenvalue weighted by atomic mass is 16.5. The van der Waals surface area contributed by atoms with Crippen LogP contribution < -0.4 is 0 Å². The van der Waals surface area contributed by atoms with Gasteiger partial charge in [0.05, 0.1) is 40.6 Å². The predicted molar refractivity (Wildman–Crippen MR) is 103 cm³/mol. The number of aryl methyl sites for hydroxylation is 4. The van der Waals surface area contributed by atoms with Gasteiger partial charge in [-0.1, -0.05) is 5.16 Å². The molecule has 0 radical (unpaired) electrons. The normalized spacial score (nSPS) is 16.7. The minimum Gasteiger partial charge on any atom is -0.361 e. The molecule has 3 aromatic heterocycles. The zero-order valence-electron chi connectivity index (χ0n) is 16.4. The van der Waals surface area contributed by atoms with Crippen LogP contribution in [0, 0.1) is 13.8 Å². The summed E-state index contributed by atoms with van der Waals surface area (Å²) in [6.45, 7) is 4.58. The Bertz CT molecular complexity index is 973. The summed E-state index contributed by atoms with van der Waals surface area (Å²) in [6, 6.07) is 0.220. The monoisotopic (exact) mass is 380 g/mol. The smallest absolute Gasteiger partial charge is 0.257 e. The molecule has 0 saturated carbocycles. The van der Waals surface area contributed by atoms with Crippen LogP contribution in [0.4, 0.5) is 0 Å². The molecule has 0 N–H and O–H groups in total. The van der Waals surface area contributed by atoms with Crippen molar-refractivity contribution in [1.29, 1.82) is 0 Å². The molecule has 0 aromatic carbocycles. The van der Waals surface area contributed by atoms with Gasteiger partial charge in [0.25, 0.3) is 5.91 Å². The van der Waals surface area contributed by atoms with Crippen LogP contribution in [0.1, 0.15) is 46.8 Å². The Labute approximate surface area is 163 Å². The molecule has 0 spiro atoms. The van der Waals surface area contributed by atoms with Crippen LogP contribution in [0.2, 0.25) is 0 Å². The molecule has 146 valence electrons. The zero-order chi connectivity index (χ0) is 19.7. The van der Waals surface area contributed by atoms with Crippen molar-refractivity contribution in [2.75, 3.05) is 6.54 Å². The third-order valence-corrected chi connectivity index (χ3v) is 5.30. The van der Waals surface area contributed by atoms with E-state index in [9.17, 15) is 4.79 Å². The first-order chi connectivity index (χ1) is 13.5. The number of likely N-dealkylation sites (tertiary alicyclic amines) is 1. The summed E-state index contributed by atoms with van der Waals surface area (Å²) in [5.41, 5.74) is 4.06. The number of nitrogens with zero attached hydrogens (tertiary/aromatic N) is 6. The number of amides is 1. The maximum Gasteiger partial charge on any atom is 0.257 e. The lowest BCUT2D eigenvalue weighted by atomic mass is 10.1. The lowest BCUT2D eigenvalue weighted by Crippen LogP contribution is -2.35. The topological polar surface area (TPSA) is 89.9 Å². The third-order valence-electron chi connectivity index (χ3n) is 5.30. The van der Waals surface area contributed by atoms with Crippen molar-refractivity contribution in [3.63, 3.8) is 0 Å². The van der Waals surface area contributed by atoms with Gasteiger partial charge in [-0.05, 0) is 39.5 Å². The lowest BCUT2D eigenvalue weighted by Gasteiger charge is -2.24. The highest BCUT2D eigenvalue weighted by molar-refractivity contribution is 5.94. The van der Waals surface area contributed by atoms with Gasteiger partial charge in [-0.2, -0.15) is 5.10 Å². The largest absolute Gasteiger partial charge is 0.361 e. The number of hydrogen-bond donors (Lipinski definition) is 0. The van der Waals surface area contributed by atoms with Crippen LogP contribution in [-0.4, -0.2) is 48.3 Å². The van der Waals surface area contributed by atoms with Crippen LogP contribution in [0.3, 0.4) is 0 Å². The molecule has 1 fully saturated rings. The molecular formula is C20H24N6O2. The molecule has 8 nitrogen and oxygen atoms in total. The van der Waals surface area contributed by atoms with E-state index in [-0.39, 0.29) is 11.9 Å². The van der Waals surface area contributed by atoms with E-state index in [2.05, 4.69) is 15.2 Å². The molecule has 8 heteroatoms. The fraction of sp³-hybridized carbons (Fsp3) is 0.450. The summed E-state index contributed by atoms with van der Waals surface area (Å²) < 4.78 is 6.91. The van der Waals surface area contributed by atoms with E-state index in [0.717, 1.165) is 60.6 Å². The molecule has 1 aliphatic rings. The molecule has 4 heterocycles. The van der Waals surface area contributed by atoms with E-state index in [0.29, 0.717) is 5.56 Å². The highest BCUT2D eigenvalue weighted by Gasteiger charge is 2.29. The van der Waals surface area contributed by atoms with Crippen LogP contribution in [0.25, 0.3) is 11.3 Å². The van der Waals surface area contributed by atoms with Gasteiger partial charge in [-0.3, -0.25) is 14.5 Å². The van der Waals surface area contributed by atoms with E-state index < -0.39 is 0 Å². The Morgan fingerprint density at radius 3 is 2.86 bits per heavy atom. The van der Waals surface area contributed by atoms with Gasteiger partial charge >= 0.3 is 0 Å². The fourth-order valence-corrected chi connectivity index (χ4v) is 3.91. The summed E-state index contributed by atoms with van der Waals surface area (Å²) in [4.78, 5) is 23.9. The Kier molecular flexibility index (Phi) is 4.93. The van der Waals surface area contributed by atoms with Gasteiger partial charge in [0.15, 0.2) is 0 Å². The number of carbonyl (C=O) groups is 1. The maximum atomic E-state index is 12.8. The van der Waals surface area contributed by atoms with Gasteiger partial charge in [-0.25, -0.2) is 4.98 Å². The summed E-state index contributed by atoms with van der Waals surface area (Å²) in [6.07, 6.45) is 10.6. The SMILES string of the molecule is Cc1noc(C)c1-c1cncc(CCC2CCCN2C(=O)c2cnn(C)c2)n1. The molecular weight excluding hydrogens is 356 g/mol. The molecule has 1 unspecified atom stereocenters. The van der Waals surface area contributed by atoms with Crippen molar-refractivity contribution in [3.05, 3.63) is 47.5 Å². The molecule has 0 aliphatic carbocycles. The van der Waals surface area contributed by atoms with E-state index in [4.69, 9.17) is 9.51 Å². The van der Waals surface area contributed by atoms with Crippen LogP contribution in [0.5, 0.6) is 0 Å². The van der Waals surface area contributed by atoms with Crippen molar-refractivity contribution in [3.8, 4) is 11.3 Å². The maximum absolute atomic E-state index is 12.8. The molecule has 4 rings (SSSR count). The van der Waals surface area contributed by atoms with Gasteiger partial charge in [0.1, 0.15) is 5.76 Å². The first-order valence-corrected chi connectivity index (χ1v) is 9.56. The Balaban J connectivity index is 1.45. The second-order valence-electron chi connectivity index (χ2n) is 7.33. The molecule has 28 heavy (non-hydrogen) atoms. The van der Waals surface area contributed by atoms with E-state index in [1.807, 2.05) is 25.8 Å². The molecule has 1 amide bonds. The van der Waals surface area contributed by atoms with Crippen molar-refractivity contribution < 1.29 is 9.32 Å². The van der Waals surface area contributed by atoms with Crippen molar-refractivity contribution in [2.24, 2.45) is 7.05 Å². The third kappa shape index (κ3) is 3.54. The second kappa shape index (κ2) is 7.53. The lowest BCUT2D eigenvalue weighted by molar-refractivity contribution is 0.0730. The Morgan fingerprint density at radius 1 is 1.29 bits per heavy atom. The van der Waals surface area contributed by atoms with Crippen molar-refractivity contribution in [1.82, 2.24) is 29.8 Å². The van der Waals surface area contributed by atoms with Crippen molar-refractivity contribution in [2.45, 2.75) is 45.6 Å². The first-order valence-electron chi connectivity index (χ1n) is 9.56. The van der Waals surface area contributed by atoms with Crippen LogP contribution >= 0.6 is 0 Å². The molecule has 0 bridgehead atoms. The van der Waals surface area contributed by atoms with E-state index >= 15 is 0 Å². The number of hydrogen-bond acceptors (Lipinski definition) is 6. The number of aromatic nitrogens is 5. The van der Waals surface area contributed by atoms with E-state index in [1.54, 1.807) is 29.5 Å². The minimum absolute atomic E-state index is 0.0613. The molecule has 1 saturated heterocycles. The zero-order valence-corrected chi connectivity index (χ0v) is 16.4. The number of carbonyl (C=O) groups excluding carboxylic acids is 1. The van der Waals surface area contributed by atoms with E-state index in [1.165, 1.54) is 0 Å². The first kappa shape index (κ1) is 18.3. The Hall–Kier alpha value is -3.03. The summed E-state index contributed by atoms with van der Waals surface area (Å²) in [5, 5.41) is 8.11. The molecule has 3 aromatic rings. The van der Waals surface area contributed by atoms with Gasteiger partial charge in [0, 0.05) is 32.0 Å². The molecule has 1 aliphatic heterocycles. The predicted octanol–water partition coefficient (Wildman–Crippen LogP) is 2.72.